The monoisotopic (exact) mass is 348 g/mol. The first-order valence-corrected chi connectivity index (χ1v) is 5.44. The van der Waals surface area contributed by atoms with E-state index in [0.29, 0.717) is 5.57 Å². The Morgan fingerprint density at radius 3 is 2.18 bits per heavy atom. The minimum absolute atomic E-state index is 0.0263. The Morgan fingerprint density at radius 2 is 1.91 bits per heavy atom. The van der Waals surface area contributed by atoms with Crippen LogP contribution < -0.4 is 0 Å². The largest absolute Gasteiger partial charge is 0.466 e. The fourth-order valence-corrected chi connectivity index (χ4v) is 1.22. The van der Waals surface area contributed by atoms with Crippen LogP contribution in [0.5, 0.6) is 0 Å². The van der Waals surface area contributed by atoms with Gasteiger partial charge in [0.15, 0.2) is 0 Å². The van der Waals surface area contributed by atoms with Crippen LogP contribution in [0.2, 0.25) is 0 Å². The molecule has 0 aliphatic carbocycles. The maximum absolute atomic E-state index is 10.9. The molecule has 0 saturated carbocycles. The van der Waals surface area contributed by atoms with Crippen molar-refractivity contribution in [2.24, 2.45) is 0 Å². The third kappa shape index (κ3) is 3.71. The molecule has 0 radical (unpaired) electrons. The molecular formula is C6H7Br3O2. The van der Waals surface area contributed by atoms with Crippen LogP contribution in [0.1, 0.15) is 0 Å². The number of halogens is 3. The van der Waals surface area contributed by atoms with Crippen molar-refractivity contribution < 1.29 is 9.53 Å². The highest BCUT2D eigenvalue weighted by Crippen LogP contribution is 2.25. The number of hydrogen-bond donors (Lipinski definition) is 0. The standard InChI is InChI=1S/C6H7Br3O2/c1-3(6(10)11-2)4(7)5(8)9/h4-5H,1H2,2H3. The Kier molecular flexibility index (Phi) is 5.64. The van der Waals surface area contributed by atoms with E-state index in [1.165, 1.54) is 7.11 Å². The summed E-state index contributed by atoms with van der Waals surface area (Å²) < 4.78 is 4.45. The van der Waals surface area contributed by atoms with E-state index in [9.17, 15) is 4.79 Å². The second-order valence-corrected chi connectivity index (χ2v) is 5.94. The molecule has 0 heterocycles. The van der Waals surface area contributed by atoms with E-state index in [2.05, 4.69) is 59.1 Å². The van der Waals surface area contributed by atoms with Gasteiger partial charge in [-0.2, -0.15) is 0 Å². The molecule has 0 aromatic rings. The van der Waals surface area contributed by atoms with Gasteiger partial charge in [-0.25, -0.2) is 4.79 Å². The summed E-state index contributed by atoms with van der Waals surface area (Å²) in [4.78, 5) is 10.7. The number of esters is 1. The van der Waals surface area contributed by atoms with E-state index in [1.807, 2.05) is 0 Å². The van der Waals surface area contributed by atoms with E-state index < -0.39 is 5.97 Å². The first kappa shape index (κ1) is 11.6. The molecule has 0 N–H and O–H groups in total. The van der Waals surface area contributed by atoms with Crippen molar-refractivity contribution in [3.63, 3.8) is 0 Å². The van der Waals surface area contributed by atoms with E-state index in [-0.39, 0.29) is 8.56 Å². The zero-order valence-corrected chi connectivity index (χ0v) is 10.6. The van der Waals surface area contributed by atoms with Gasteiger partial charge in [0.1, 0.15) is 0 Å². The van der Waals surface area contributed by atoms with Crippen molar-refractivity contribution in [2.75, 3.05) is 7.11 Å². The first-order valence-electron chi connectivity index (χ1n) is 2.70. The van der Waals surface area contributed by atoms with E-state index in [4.69, 9.17) is 0 Å². The minimum atomic E-state index is -0.407. The summed E-state index contributed by atoms with van der Waals surface area (Å²) in [5.74, 6) is -0.407. The van der Waals surface area contributed by atoms with Gasteiger partial charge in [-0.1, -0.05) is 54.4 Å². The van der Waals surface area contributed by atoms with Crippen LogP contribution in [-0.4, -0.2) is 21.6 Å². The number of carbonyl (C=O) groups is 1. The third-order valence-electron chi connectivity index (χ3n) is 1.00. The lowest BCUT2D eigenvalue weighted by atomic mass is 10.2. The van der Waals surface area contributed by atoms with Crippen LogP contribution in [0.15, 0.2) is 12.2 Å². The Balaban J connectivity index is 4.14. The van der Waals surface area contributed by atoms with Crippen molar-refractivity contribution >= 4 is 53.8 Å². The summed E-state index contributed by atoms with van der Waals surface area (Å²) >= 11 is 9.73. The zero-order valence-electron chi connectivity index (χ0n) is 5.81. The van der Waals surface area contributed by atoms with Gasteiger partial charge >= 0.3 is 5.97 Å². The molecule has 1 atom stereocenters. The van der Waals surface area contributed by atoms with Gasteiger partial charge in [-0.3, -0.25) is 0 Å². The minimum Gasteiger partial charge on any atom is -0.466 e. The Bertz CT molecular complexity index is 167. The summed E-state index contributed by atoms with van der Waals surface area (Å²) in [6, 6.07) is 0. The molecule has 1 unspecified atom stereocenters. The van der Waals surface area contributed by atoms with Gasteiger partial charge < -0.3 is 4.74 Å². The number of carbonyl (C=O) groups excluding carboxylic acids is 1. The van der Waals surface area contributed by atoms with E-state index >= 15 is 0 Å². The quantitative estimate of drug-likeness (QED) is 0.444. The molecule has 0 rings (SSSR count). The molecule has 0 spiro atoms. The maximum Gasteiger partial charge on any atom is 0.334 e. The lowest BCUT2D eigenvalue weighted by Gasteiger charge is -2.11. The van der Waals surface area contributed by atoms with Gasteiger partial charge in [0.2, 0.25) is 0 Å². The summed E-state index contributed by atoms with van der Waals surface area (Å²) in [7, 11) is 1.32. The van der Waals surface area contributed by atoms with E-state index in [1.54, 1.807) is 0 Å². The van der Waals surface area contributed by atoms with Crippen molar-refractivity contribution in [3.05, 3.63) is 12.2 Å². The Hall–Kier alpha value is 0.650. The number of hydrogen-bond acceptors (Lipinski definition) is 2. The molecule has 0 aliphatic rings. The SMILES string of the molecule is C=C(C(=O)OC)C(Br)C(Br)Br. The van der Waals surface area contributed by atoms with Gasteiger partial charge in [0.25, 0.3) is 0 Å². The molecule has 0 aromatic carbocycles. The zero-order chi connectivity index (χ0) is 9.02. The highest BCUT2D eigenvalue weighted by Gasteiger charge is 2.21. The average molecular weight is 351 g/mol. The molecule has 0 aliphatic heterocycles. The molecule has 0 bridgehead atoms. The van der Waals surface area contributed by atoms with Crippen molar-refractivity contribution in [2.45, 2.75) is 8.56 Å². The van der Waals surface area contributed by atoms with Crippen LogP contribution >= 0.6 is 47.8 Å². The van der Waals surface area contributed by atoms with Crippen molar-refractivity contribution in [1.29, 1.82) is 0 Å². The maximum atomic E-state index is 10.9. The normalized spacial score (nSPS) is 12.8. The lowest BCUT2D eigenvalue weighted by molar-refractivity contribution is -0.136. The molecule has 0 aromatic heterocycles. The third-order valence-corrected chi connectivity index (χ3v) is 4.56. The molecular weight excluding hydrogens is 344 g/mol. The summed E-state index contributed by atoms with van der Waals surface area (Å²) in [5, 5.41) is 0. The van der Waals surface area contributed by atoms with Crippen molar-refractivity contribution in [3.8, 4) is 0 Å². The first-order chi connectivity index (χ1) is 5.00. The fraction of sp³-hybridized carbons (Fsp3) is 0.500. The highest BCUT2D eigenvalue weighted by atomic mass is 79.9. The molecule has 2 nitrogen and oxygen atoms in total. The summed E-state index contributed by atoms with van der Waals surface area (Å²) in [6.07, 6.45) is 0. The van der Waals surface area contributed by atoms with Crippen LogP contribution in [0.4, 0.5) is 0 Å². The van der Waals surface area contributed by atoms with Gasteiger partial charge in [0, 0.05) is 5.57 Å². The van der Waals surface area contributed by atoms with Gasteiger partial charge in [-0.05, 0) is 0 Å². The Morgan fingerprint density at radius 1 is 1.45 bits per heavy atom. The van der Waals surface area contributed by atoms with Gasteiger partial charge in [0.05, 0.1) is 15.7 Å². The van der Waals surface area contributed by atoms with Crippen LogP contribution in [0.3, 0.4) is 0 Å². The molecule has 11 heavy (non-hydrogen) atoms. The number of ether oxygens (including phenoxy) is 1. The number of rotatable bonds is 3. The smallest absolute Gasteiger partial charge is 0.334 e. The predicted molar refractivity (Wildman–Crippen MR) is 55.5 cm³/mol. The summed E-state index contributed by atoms with van der Waals surface area (Å²) in [6.45, 7) is 3.57. The second kappa shape index (κ2) is 5.32. The Labute approximate surface area is 90.8 Å². The van der Waals surface area contributed by atoms with Crippen LogP contribution in [-0.2, 0) is 9.53 Å². The number of alkyl halides is 3. The molecule has 0 fully saturated rings. The number of methoxy groups -OCH3 is 1. The molecule has 64 valence electrons. The molecule has 0 saturated heterocycles. The van der Waals surface area contributed by atoms with Crippen LogP contribution in [0, 0.1) is 0 Å². The van der Waals surface area contributed by atoms with Crippen molar-refractivity contribution in [1.82, 2.24) is 0 Å². The van der Waals surface area contributed by atoms with Gasteiger partial charge in [-0.15, -0.1) is 0 Å². The average Bonchev–Trinajstić information content (AvgIpc) is 2.00. The topological polar surface area (TPSA) is 26.3 Å². The lowest BCUT2D eigenvalue weighted by Crippen LogP contribution is -2.17. The predicted octanol–water partition coefficient (Wildman–Crippen LogP) is 2.60. The van der Waals surface area contributed by atoms with Crippen LogP contribution in [0.25, 0.3) is 0 Å². The highest BCUT2D eigenvalue weighted by molar-refractivity contribution is 9.25. The fourth-order valence-electron chi connectivity index (χ4n) is 0.396. The summed E-state index contributed by atoms with van der Waals surface area (Å²) in [5.41, 5.74) is 0.381. The molecule has 0 amide bonds. The van der Waals surface area contributed by atoms with E-state index in [0.717, 1.165) is 0 Å². The second-order valence-electron chi connectivity index (χ2n) is 1.75. The molecule has 5 heteroatoms.